The number of aromatic hydroxyl groups is 1. The SMILES string of the molecule is O=Cc1cc(CSc2nccc(-c3cccnc3)n2)ccc1O. The normalized spacial score (nSPS) is 10.4. The molecule has 0 bridgehead atoms. The van der Waals surface area contributed by atoms with Crippen LogP contribution < -0.4 is 0 Å². The maximum absolute atomic E-state index is 10.9. The number of thioether (sulfide) groups is 1. The number of rotatable bonds is 5. The second kappa shape index (κ2) is 7.02. The van der Waals surface area contributed by atoms with Crippen molar-refractivity contribution in [3.05, 3.63) is 66.1 Å². The lowest BCUT2D eigenvalue weighted by molar-refractivity contribution is 0.112. The van der Waals surface area contributed by atoms with E-state index >= 15 is 0 Å². The van der Waals surface area contributed by atoms with Gasteiger partial charge in [0.1, 0.15) is 5.75 Å². The highest BCUT2D eigenvalue weighted by Gasteiger charge is 2.06. The highest BCUT2D eigenvalue weighted by molar-refractivity contribution is 7.98. The van der Waals surface area contributed by atoms with Crippen LogP contribution in [0.1, 0.15) is 15.9 Å². The van der Waals surface area contributed by atoms with Gasteiger partial charge in [-0.25, -0.2) is 9.97 Å². The summed E-state index contributed by atoms with van der Waals surface area (Å²) in [6, 6.07) is 10.6. The molecule has 1 aromatic carbocycles. The summed E-state index contributed by atoms with van der Waals surface area (Å²) in [6.07, 6.45) is 5.83. The minimum Gasteiger partial charge on any atom is -0.507 e. The number of phenols is 1. The Morgan fingerprint density at radius 2 is 2.09 bits per heavy atom. The molecule has 6 heteroatoms. The van der Waals surface area contributed by atoms with E-state index in [1.165, 1.54) is 17.8 Å². The predicted octanol–water partition coefficient (Wildman–Crippen LogP) is 3.35. The smallest absolute Gasteiger partial charge is 0.188 e. The molecule has 0 spiro atoms. The summed E-state index contributed by atoms with van der Waals surface area (Å²) in [7, 11) is 0. The van der Waals surface area contributed by atoms with Crippen LogP contribution in [-0.2, 0) is 5.75 Å². The maximum atomic E-state index is 10.9. The Morgan fingerprint density at radius 3 is 2.87 bits per heavy atom. The van der Waals surface area contributed by atoms with Crippen LogP contribution >= 0.6 is 11.8 Å². The second-order valence-electron chi connectivity index (χ2n) is 4.77. The van der Waals surface area contributed by atoms with Crippen LogP contribution in [0.15, 0.2) is 60.1 Å². The standard InChI is InChI=1S/C17H13N3O2S/c21-10-14-8-12(3-4-16(14)22)11-23-17-19-7-5-15(20-17)13-2-1-6-18-9-13/h1-10,22H,11H2. The molecule has 2 aromatic heterocycles. The molecular weight excluding hydrogens is 310 g/mol. The van der Waals surface area contributed by atoms with Gasteiger partial charge >= 0.3 is 0 Å². The van der Waals surface area contributed by atoms with Crippen LogP contribution in [0.25, 0.3) is 11.3 Å². The minimum absolute atomic E-state index is 0.0106. The molecular formula is C17H13N3O2S. The molecule has 0 unspecified atom stereocenters. The Bertz CT molecular complexity index is 825. The van der Waals surface area contributed by atoms with Gasteiger partial charge < -0.3 is 5.11 Å². The average Bonchev–Trinajstić information content (AvgIpc) is 2.62. The largest absolute Gasteiger partial charge is 0.507 e. The van der Waals surface area contributed by atoms with Crippen molar-refractivity contribution in [1.29, 1.82) is 0 Å². The molecule has 2 heterocycles. The molecule has 0 aliphatic heterocycles. The lowest BCUT2D eigenvalue weighted by atomic mass is 10.1. The maximum Gasteiger partial charge on any atom is 0.188 e. The fraction of sp³-hybridized carbons (Fsp3) is 0.0588. The van der Waals surface area contributed by atoms with E-state index in [1.807, 2.05) is 18.2 Å². The number of carbonyl (C=O) groups excluding carboxylic acids is 1. The number of benzene rings is 1. The quantitative estimate of drug-likeness (QED) is 0.441. The van der Waals surface area contributed by atoms with Gasteiger partial charge in [0.2, 0.25) is 0 Å². The number of pyridine rings is 1. The number of aldehydes is 1. The van der Waals surface area contributed by atoms with Crippen molar-refractivity contribution in [2.75, 3.05) is 0 Å². The number of hydrogen-bond donors (Lipinski definition) is 1. The van der Waals surface area contributed by atoms with E-state index in [0.29, 0.717) is 17.2 Å². The van der Waals surface area contributed by atoms with E-state index < -0.39 is 0 Å². The van der Waals surface area contributed by atoms with Gasteiger partial charge in [-0.3, -0.25) is 9.78 Å². The first kappa shape index (κ1) is 15.2. The summed E-state index contributed by atoms with van der Waals surface area (Å²) in [5, 5.41) is 10.2. The summed E-state index contributed by atoms with van der Waals surface area (Å²) in [4.78, 5) is 23.7. The summed E-state index contributed by atoms with van der Waals surface area (Å²) >= 11 is 1.47. The second-order valence-corrected chi connectivity index (χ2v) is 5.71. The highest BCUT2D eigenvalue weighted by atomic mass is 32.2. The summed E-state index contributed by atoms with van der Waals surface area (Å²) in [5.74, 6) is 0.598. The van der Waals surface area contributed by atoms with E-state index in [0.717, 1.165) is 16.8 Å². The van der Waals surface area contributed by atoms with E-state index in [2.05, 4.69) is 15.0 Å². The highest BCUT2D eigenvalue weighted by Crippen LogP contribution is 2.24. The lowest BCUT2D eigenvalue weighted by Gasteiger charge is -2.05. The summed E-state index contributed by atoms with van der Waals surface area (Å²) in [5.41, 5.74) is 2.96. The van der Waals surface area contributed by atoms with E-state index in [9.17, 15) is 9.90 Å². The van der Waals surface area contributed by atoms with Crippen LogP contribution in [-0.4, -0.2) is 26.3 Å². The molecule has 0 saturated heterocycles. The zero-order chi connectivity index (χ0) is 16.1. The number of phenolic OH excluding ortho intramolecular Hbond substituents is 1. The van der Waals surface area contributed by atoms with Gasteiger partial charge in [0.15, 0.2) is 11.4 Å². The van der Waals surface area contributed by atoms with Gasteiger partial charge in [-0.1, -0.05) is 17.8 Å². The Hall–Kier alpha value is -2.73. The predicted molar refractivity (Wildman–Crippen MR) is 88.3 cm³/mol. The molecule has 0 aliphatic rings. The third kappa shape index (κ3) is 3.73. The fourth-order valence-electron chi connectivity index (χ4n) is 2.02. The number of aromatic nitrogens is 3. The molecule has 1 N–H and O–H groups in total. The van der Waals surface area contributed by atoms with Crippen molar-refractivity contribution in [2.24, 2.45) is 0 Å². The molecule has 3 rings (SSSR count). The Morgan fingerprint density at radius 1 is 1.17 bits per heavy atom. The molecule has 0 radical (unpaired) electrons. The Kier molecular flexibility index (Phi) is 4.63. The summed E-state index contributed by atoms with van der Waals surface area (Å²) in [6.45, 7) is 0. The van der Waals surface area contributed by atoms with Gasteiger partial charge in [0.25, 0.3) is 0 Å². The van der Waals surface area contributed by atoms with Gasteiger partial charge in [-0.15, -0.1) is 0 Å². The van der Waals surface area contributed by atoms with Crippen molar-refractivity contribution in [2.45, 2.75) is 10.9 Å². The van der Waals surface area contributed by atoms with Gasteiger partial charge in [-0.2, -0.15) is 0 Å². The van der Waals surface area contributed by atoms with Crippen molar-refractivity contribution in [3.63, 3.8) is 0 Å². The molecule has 0 fully saturated rings. The zero-order valence-electron chi connectivity index (χ0n) is 12.1. The van der Waals surface area contributed by atoms with Crippen LogP contribution in [0.3, 0.4) is 0 Å². The monoisotopic (exact) mass is 323 g/mol. The van der Waals surface area contributed by atoms with E-state index in [1.54, 1.807) is 30.7 Å². The van der Waals surface area contributed by atoms with Crippen LogP contribution in [0, 0.1) is 0 Å². The molecule has 23 heavy (non-hydrogen) atoms. The lowest BCUT2D eigenvalue weighted by Crippen LogP contribution is -1.91. The number of nitrogens with zero attached hydrogens (tertiary/aromatic N) is 3. The first-order valence-electron chi connectivity index (χ1n) is 6.89. The van der Waals surface area contributed by atoms with Crippen LogP contribution in [0.5, 0.6) is 5.75 Å². The van der Waals surface area contributed by atoms with Crippen molar-refractivity contribution >= 4 is 18.0 Å². The van der Waals surface area contributed by atoms with Gasteiger partial charge in [0, 0.05) is 29.9 Å². The first-order valence-corrected chi connectivity index (χ1v) is 7.88. The first-order chi connectivity index (χ1) is 11.3. The Labute approximate surface area is 137 Å². The summed E-state index contributed by atoms with van der Waals surface area (Å²) < 4.78 is 0. The average molecular weight is 323 g/mol. The third-order valence-electron chi connectivity index (χ3n) is 3.18. The molecule has 0 amide bonds. The molecule has 0 saturated carbocycles. The molecule has 3 aromatic rings. The number of hydrogen-bond acceptors (Lipinski definition) is 6. The Balaban J connectivity index is 1.75. The van der Waals surface area contributed by atoms with Crippen molar-refractivity contribution in [3.8, 4) is 17.0 Å². The van der Waals surface area contributed by atoms with Crippen molar-refractivity contribution in [1.82, 2.24) is 15.0 Å². The fourth-order valence-corrected chi connectivity index (χ4v) is 2.80. The van der Waals surface area contributed by atoms with E-state index in [4.69, 9.17) is 0 Å². The molecule has 114 valence electrons. The van der Waals surface area contributed by atoms with E-state index in [-0.39, 0.29) is 11.3 Å². The van der Waals surface area contributed by atoms with Crippen LogP contribution in [0.2, 0.25) is 0 Å². The molecule has 5 nitrogen and oxygen atoms in total. The van der Waals surface area contributed by atoms with Crippen molar-refractivity contribution < 1.29 is 9.90 Å². The van der Waals surface area contributed by atoms with Gasteiger partial charge in [-0.05, 0) is 35.9 Å². The minimum atomic E-state index is -0.0106. The molecule has 0 aliphatic carbocycles. The van der Waals surface area contributed by atoms with Crippen LogP contribution in [0.4, 0.5) is 0 Å². The topological polar surface area (TPSA) is 76.0 Å². The number of carbonyl (C=O) groups is 1. The van der Waals surface area contributed by atoms with Gasteiger partial charge in [0.05, 0.1) is 11.3 Å². The third-order valence-corrected chi connectivity index (χ3v) is 4.11. The molecule has 0 atom stereocenters. The zero-order valence-corrected chi connectivity index (χ0v) is 12.9.